The van der Waals surface area contributed by atoms with Crippen molar-refractivity contribution in [1.29, 1.82) is 0 Å². The molecule has 0 amide bonds. The predicted molar refractivity (Wildman–Crippen MR) is 144 cm³/mol. The van der Waals surface area contributed by atoms with Crippen molar-refractivity contribution in [2.45, 2.75) is 110 Å². The largest absolute Gasteiger partial charge is 0.487 e. The number of fused-ring (bicyclic) bond motifs is 1. The summed E-state index contributed by atoms with van der Waals surface area (Å²) in [5.41, 5.74) is 1.80. The molecule has 2 aromatic carbocycles. The molecule has 3 aliphatic rings. The van der Waals surface area contributed by atoms with Crippen LogP contribution in [0.25, 0.3) is 11.1 Å². The fourth-order valence-corrected chi connectivity index (χ4v) is 7.56. The Morgan fingerprint density at radius 2 is 1.43 bits per heavy atom. The van der Waals surface area contributed by atoms with Gasteiger partial charge in [0, 0.05) is 5.56 Å². The van der Waals surface area contributed by atoms with Crippen molar-refractivity contribution >= 4 is 0 Å². The summed E-state index contributed by atoms with van der Waals surface area (Å²) in [4.78, 5) is 0. The minimum absolute atomic E-state index is 0.0423. The van der Waals surface area contributed by atoms with Gasteiger partial charge in [-0.2, -0.15) is 4.39 Å². The van der Waals surface area contributed by atoms with Gasteiger partial charge in [-0.15, -0.1) is 0 Å². The first-order valence-electron chi connectivity index (χ1n) is 14.9. The van der Waals surface area contributed by atoms with E-state index >= 15 is 8.78 Å². The Kier molecular flexibility index (Phi) is 8.51. The van der Waals surface area contributed by atoms with E-state index in [1.165, 1.54) is 57.4 Å². The van der Waals surface area contributed by atoms with Gasteiger partial charge in [0.2, 0.25) is 5.82 Å². The van der Waals surface area contributed by atoms with Crippen molar-refractivity contribution in [2.75, 3.05) is 0 Å². The molecule has 0 saturated heterocycles. The molecule has 1 nitrogen and oxygen atoms in total. The van der Waals surface area contributed by atoms with Crippen molar-refractivity contribution in [1.82, 2.24) is 0 Å². The molecule has 0 N–H and O–H groups in total. The fraction of sp³-hybridized carbons (Fsp3) is 0.636. The Morgan fingerprint density at radius 3 is 2.08 bits per heavy atom. The number of rotatable bonds is 7. The molecule has 202 valence electrons. The van der Waals surface area contributed by atoms with Gasteiger partial charge >= 0.3 is 0 Å². The molecule has 2 aliphatic carbocycles. The van der Waals surface area contributed by atoms with Crippen LogP contribution in [0.2, 0.25) is 0 Å². The molecule has 1 unspecified atom stereocenters. The van der Waals surface area contributed by atoms with Gasteiger partial charge in [-0.3, -0.25) is 0 Å². The highest BCUT2D eigenvalue weighted by Crippen LogP contribution is 2.45. The Bertz CT molecular complexity index is 1060. The van der Waals surface area contributed by atoms with Gasteiger partial charge in [-0.25, -0.2) is 8.78 Å². The van der Waals surface area contributed by atoms with E-state index in [4.69, 9.17) is 4.74 Å². The van der Waals surface area contributed by atoms with Crippen molar-refractivity contribution in [2.24, 2.45) is 23.7 Å². The summed E-state index contributed by atoms with van der Waals surface area (Å²) in [6.07, 6.45) is 16.0. The second kappa shape index (κ2) is 11.8. The first-order valence-corrected chi connectivity index (χ1v) is 14.9. The van der Waals surface area contributed by atoms with E-state index in [1.807, 2.05) is 6.92 Å². The van der Waals surface area contributed by atoms with Crippen LogP contribution < -0.4 is 4.74 Å². The average Bonchev–Trinajstić information content (AvgIpc) is 2.92. The van der Waals surface area contributed by atoms with E-state index in [1.54, 1.807) is 18.2 Å². The molecule has 1 aliphatic heterocycles. The van der Waals surface area contributed by atoms with Crippen LogP contribution in [0.15, 0.2) is 24.3 Å². The Labute approximate surface area is 221 Å². The topological polar surface area (TPSA) is 9.23 Å². The zero-order chi connectivity index (χ0) is 25.9. The Hall–Kier alpha value is -1.97. The van der Waals surface area contributed by atoms with Gasteiger partial charge in [0.1, 0.15) is 11.9 Å². The highest BCUT2D eigenvalue weighted by molar-refractivity contribution is 5.67. The molecule has 0 spiro atoms. The van der Waals surface area contributed by atoms with E-state index in [9.17, 15) is 4.39 Å². The minimum Gasteiger partial charge on any atom is -0.487 e. The third-order valence-corrected chi connectivity index (χ3v) is 9.69. The SMILES string of the molecule is CCCc1ccc(-c2cc3c(c(F)c2F)OC(C2CCC(C4CCC(CCC)CC4)CC2)CC3)cc1F. The first kappa shape index (κ1) is 26.6. The van der Waals surface area contributed by atoms with Crippen molar-refractivity contribution in [3.63, 3.8) is 0 Å². The van der Waals surface area contributed by atoms with Gasteiger partial charge in [0.05, 0.1) is 0 Å². The van der Waals surface area contributed by atoms with Crippen molar-refractivity contribution in [3.05, 3.63) is 52.8 Å². The first-order chi connectivity index (χ1) is 18.0. The number of hydrogen-bond acceptors (Lipinski definition) is 1. The molecule has 2 fully saturated rings. The monoisotopic (exact) mass is 512 g/mol. The summed E-state index contributed by atoms with van der Waals surface area (Å²) in [6, 6.07) is 6.38. The van der Waals surface area contributed by atoms with E-state index in [2.05, 4.69) is 6.92 Å². The van der Waals surface area contributed by atoms with E-state index in [0.717, 1.165) is 43.4 Å². The second-order valence-electron chi connectivity index (χ2n) is 12.0. The highest BCUT2D eigenvalue weighted by atomic mass is 19.2. The molecule has 0 radical (unpaired) electrons. The van der Waals surface area contributed by atoms with Crippen LogP contribution in [-0.4, -0.2) is 6.10 Å². The van der Waals surface area contributed by atoms with Crippen LogP contribution in [0, 0.1) is 41.1 Å². The predicted octanol–water partition coefficient (Wildman–Crippen LogP) is 9.83. The lowest BCUT2D eigenvalue weighted by Crippen LogP contribution is -2.35. The molecule has 5 rings (SSSR count). The zero-order valence-corrected chi connectivity index (χ0v) is 22.6. The molecule has 0 bridgehead atoms. The molecular weight excluding hydrogens is 469 g/mol. The van der Waals surface area contributed by atoms with Crippen LogP contribution in [0.5, 0.6) is 5.75 Å². The van der Waals surface area contributed by atoms with Crippen LogP contribution in [0.1, 0.15) is 102 Å². The molecule has 2 aromatic rings. The molecule has 2 saturated carbocycles. The van der Waals surface area contributed by atoms with Gasteiger partial charge in [-0.05, 0) is 110 Å². The lowest BCUT2D eigenvalue weighted by molar-refractivity contribution is 0.0564. The summed E-state index contributed by atoms with van der Waals surface area (Å²) in [7, 11) is 0. The molecular formula is C33H43F3O. The van der Waals surface area contributed by atoms with Crippen LogP contribution in [0.3, 0.4) is 0 Å². The quantitative estimate of drug-likeness (QED) is 0.359. The number of benzene rings is 2. The highest BCUT2D eigenvalue weighted by Gasteiger charge is 2.36. The maximum absolute atomic E-state index is 15.3. The lowest BCUT2D eigenvalue weighted by Gasteiger charge is -2.40. The van der Waals surface area contributed by atoms with Gasteiger partial charge in [-0.1, -0.05) is 58.1 Å². The summed E-state index contributed by atoms with van der Waals surface area (Å²) in [5, 5.41) is 0. The lowest BCUT2D eigenvalue weighted by atomic mass is 9.67. The second-order valence-corrected chi connectivity index (χ2v) is 12.0. The Balaban J connectivity index is 1.22. The summed E-state index contributed by atoms with van der Waals surface area (Å²) in [6.45, 7) is 4.29. The standard InChI is InChI=1S/C33H43F3O/c1-3-5-21-7-9-22(10-8-21)23-11-14-25(15-12-23)30-18-17-27-19-28(31(35)32(36)33(27)37-30)26-16-13-24(6-4-2)29(34)20-26/h13,16,19-23,25,30H,3-12,14-15,17-18H2,1-2H3. The molecule has 37 heavy (non-hydrogen) atoms. The third-order valence-electron chi connectivity index (χ3n) is 9.69. The third kappa shape index (κ3) is 5.73. The molecule has 1 atom stereocenters. The van der Waals surface area contributed by atoms with Crippen molar-refractivity contribution in [3.8, 4) is 16.9 Å². The Morgan fingerprint density at radius 1 is 0.757 bits per heavy atom. The normalized spacial score (nSPS) is 28.0. The molecule has 4 heteroatoms. The molecule has 1 heterocycles. The zero-order valence-electron chi connectivity index (χ0n) is 22.6. The van der Waals surface area contributed by atoms with E-state index < -0.39 is 11.6 Å². The van der Waals surface area contributed by atoms with Crippen LogP contribution >= 0.6 is 0 Å². The van der Waals surface area contributed by atoms with E-state index in [0.29, 0.717) is 35.4 Å². The minimum atomic E-state index is -0.940. The average molecular weight is 513 g/mol. The maximum Gasteiger partial charge on any atom is 0.201 e. The van der Waals surface area contributed by atoms with E-state index in [-0.39, 0.29) is 23.2 Å². The number of ether oxygens (including phenoxy) is 1. The number of hydrogen-bond donors (Lipinski definition) is 0. The fourth-order valence-electron chi connectivity index (χ4n) is 7.56. The van der Waals surface area contributed by atoms with Crippen LogP contribution in [-0.2, 0) is 12.8 Å². The smallest absolute Gasteiger partial charge is 0.201 e. The number of halogens is 3. The summed E-state index contributed by atoms with van der Waals surface area (Å²) < 4.78 is 51.1. The number of aryl methyl sites for hydroxylation is 2. The van der Waals surface area contributed by atoms with Crippen molar-refractivity contribution < 1.29 is 17.9 Å². The maximum atomic E-state index is 15.3. The van der Waals surface area contributed by atoms with Crippen LogP contribution in [0.4, 0.5) is 13.2 Å². The summed E-state index contributed by atoms with van der Waals surface area (Å²) in [5.74, 6) is 0.933. The summed E-state index contributed by atoms with van der Waals surface area (Å²) >= 11 is 0. The van der Waals surface area contributed by atoms with Gasteiger partial charge < -0.3 is 4.74 Å². The van der Waals surface area contributed by atoms with Gasteiger partial charge in [0.25, 0.3) is 0 Å². The molecule has 0 aromatic heterocycles. The van der Waals surface area contributed by atoms with Gasteiger partial charge in [0.15, 0.2) is 11.6 Å².